The number of sulfonamides is 1. The van der Waals surface area contributed by atoms with E-state index in [2.05, 4.69) is 9.97 Å². The van der Waals surface area contributed by atoms with Crippen LogP contribution in [0.3, 0.4) is 0 Å². The van der Waals surface area contributed by atoms with Gasteiger partial charge in [-0.3, -0.25) is 5.32 Å². The van der Waals surface area contributed by atoms with E-state index < -0.39 is 10.0 Å². The molecule has 0 fully saturated rings. The number of hydrogen-bond donors (Lipinski definition) is 2. The molecule has 0 saturated carbocycles. The van der Waals surface area contributed by atoms with Gasteiger partial charge in [-0.05, 0) is 24.3 Å². The van der Waals surface area contributed by atoms with Gasteiger partial charge in [-0.15, -0.1) is 0 Å². The van der Waals surface area contributed by atoms with Gasteiger partial charge in [0.2, 0.25) is 15.6 Å². The fraction of sp³-hybridized carbons (Fsp3) is 0.0588. The number of quaternary nitrogens is 1. The van der Waals surface area contributed by atoms with E-state index in [4.69, 9.17) is 9.56 Å². The van der Waals surface area contributed by atoms with Crippen molar-refractivity contribution in [1.29, 1.82) is 0 Å². The molecule has 9 heteroatoms. The standard InChI is InChI=1S/C17H14N4O3S.ClH/c18-25(22,23)12-7-5-11(6-8-12)9-19-17-16-15(20-10-21-17)13-3-1-2-4-14(13)24-16;/h1-8,10H,9H2,(H2,18,22,23)(H,19,20,21);1H. The second kappa shape index (κ2) is 7.00. The molecule has 0 aliphatic rings. The van der Waals surface area contributed by atoms with Crippen molar-refractivity contribution in [2.75, 3.05) is 0 Å². The van der Waals surface area contributed by atoms with Crippen LogP contribution in [0.4, 0.5) is 5.82 Å². The van der Waals surface area contributed by atoms with Crippen LogP contribution in [-0.4, -0.2) is 18.4 Å². The Hall–Kier alpha value is -2.52. The molecule has 4 aromatic rings. The van der Waals surface area contributed by atoms with E-state index in [1.807, 2.05) is 29.6 Å². The Balaban J connectivity index is 0.00000196. The maximum atomic E-state index is 11.3. The first-order valence-electron chi connectivity index (χ1n) is 7.59. The Morgan fingerprint density at radius 3 is 2.50 bits per heavy atom. The normalized spacial score (nSPS) is 11.6. The Kier molecular flexibility index (Phi) is 4.92. The zero-order chi connectivity index (χ0) is 17.4. The smallest absolute Gasteiger partial charge is 0.272 e. The number of nitrogens with zero attached hydrogens (tertiary/aromatic N) is 2. The lowest BCUT2D eigenvalue weighted by Gasteiger charge is -2.02. The summed E-state index contributed by atoms with van der Waals surface area (Å²) < 4.78 is 28.5. The van der Waals surface area contributed by atoms with Gasteiger partial charge in [0, 0.05) is 10.9 Å². The molecular formula is C17H15ClN4O3S. The van der Waals surface area contributed by atoms with Crippen LogP contribution in [0, 0.1) is 0 Å². The molecule has 0 atom stereocenters. The highest BCUT2D eigenvalue weighted by Crippen LogP contribution is 2.28. The van der Waals surface area contributed by atoms with Gasteiger partial charge in [0.1, 0.15) is 24.0 Å². The second-order valence-corrected chi connectivity index (χ2v) is 7.19. The third-order valence-electron chi connectivity index (χ3n) is 3.97. The number of benzene rings is 2. The SMILES string of the molecule is NS(=O)(=O)c1ccc(C[NH2+]c2ncnc3c2oc2ccccc23)cc1.[Cl-]. The average molecular weight is 391 g/mol. The number of hydrogen-bond acceptors (Lipinski definition) is 5. The summed E-state index contributed by atoms with van der Waals surface area (Å²) in [6, 6.07) is 14.2. The first-order valence-corrected chi connectivity index (χ1v) is 9.14. The molecule has 0 amide bonds. The lowest BCUT2D eigenvalue weighted by Crippen LogP contribution is -3.00. The van der Waals surface area contributed by atoms with Gasteiger partial charge in [0.05, 0.1) is 4.90 Å². The highest BCUT2D eigenvalue weighted by atomic mass is 35.5. The van der Waals surface area contributed by atoms with Crippen LogP contribution >= 0.6 is 0 Å². The quantitative estimate of drug-likeness (QED) is 0.436. The molecular weight excluding hydrogens is 376 g/mol. The summed E-state index contributed by atoms with van der Waals surface area (Å²) in [6.45, 7) is 0.577. The maximum Gasteiger partial charge on any atom is 0.272 e. The van der Waals surface area contributed by atoms with Crippen LogP contribution in [0.1, 0.15) is 5.56 Å². The molecule has 26 heavy (non-hydrogen) atoms. The Morgan fingerprint density at radius 2 is 1.77 bits per heavy atom. The van der Waals surface area contributed by atoms with Crippen molar-refractivity contribution in [3.63, 3.8) is 0 Å². The number of primary sulfonamides is 1. The van der Waals surface area contributed by atoms with Crippen LogP contribution in [0.25, 0.3) is 22.1 Å². The fourth-order valence-electron chi connectivity index (χ4n) is 2.72. The third kappa shape index (κ3) is 3.40. The number of halogens is 1. The van der Waals surface area contributed by atoms with Crippen molar-refractivity contribution in [2.24, 2.45) is 5.14 Å². The van der Waals surface area contributed by atoms with Crippen molar-refractivity contribution >= 4 is 37.9 Å². The van der Waals surface area contributed by atoms with Crippen LogP contribution < -0.4 is 22.9 Å². The lowest BCUT2D eigenvalue weighted by atomic mass is 10.2. The minimum absolute atomic E-state index is 0. The zero-order valence-corrected chi connectivity index (χ0v) is 15.0. The summed E-state index contributed by atoms with van der Waals surface area (Å²) in [6.07, 6.45) is 1.51. The molecule has 0 unspecified atom stereocenters. The Bertz CT molecular complexity index is 1170. The van der Waals surface area contributed by atoms with E-state index in [9.17, 15) is 8.42 Å². The number of rotatable bonds is 4. The topological polar surface area (TPSA) is 116 Å². The molecule has 4 rings (SSSR count). The van der Waals surface area contributed by atoms with Crippen molar-refractivity contribution < 1.29 is 30.6 Å². The molecule has 134 valence electrons. The molecule has 2 heterocycles. The second-order valence-electron chi connectivity index (χ2n) is 5.63. The van der Waals surface area contributed by atoms with E-state index in [0.29, 0.717) is 17.9 Å². The van der Waals surface area contributed by atoms with Crippen molar-refractivity contribution in [1.82, 2.24) is 9.97 Å². The Morgan fingerprint density at radius 1 is 1.04 bits per heavy atom. The molecule has 0 spiro atoms. The van der Waals surface area contributed by atoms with Crippen molar-refractivity contribution in [3.05, 3.63) is 60.4 Å². The molecule has 4 N–H and O–H groups in total. The number of para-hydroxylation sites is 1. The Labute approximate surface area is 155 Å². The monoisotopic (exact) mass is 390 g/mol. The molecule has 0 aliphatic carbocycles. The van der Waals surface area contributed by atoms with Crippen LogP contribution in [0.5, 0.6) is 0 Å². The van der Waals surface area contributed by atoms with Gasteiger partial charge in [-0.2, -0.15) is 4.98 Å². The number of fused-ring (bicyclic) bond motifs is 3. The van der Waals surface area contributed by atoms with Crippen molar-refractivity contribution in [2.45, 2.75) is 11.4 Å². The summed E-state index contributed by atoms with van der Waals surface area (Å²) in [5.74, 6) is 0.705. The van der Waals surface area contributed by atoms with Crippen LogP contribution in [0.2, 0.25) is 0 Å². The lowest BCUT2D eigenvalue weighted by molar-refractivity contribution is -0.591. The summed E-state index contributed by atoms with van der Waals surface area (Å²) in [5, 5.41) is 7.99. The highest BCUT2D eigenvalue weighted by Gasteiger charge is 2.15. The van der Waals surface area contributed by atoms with Gasteiger partial charge < -0.3 is 16.8 Å². The van der Waals surface area contributed by atoms with Gasteiger partial charge in [0.25, 0.3) is 5.82 Å². The van der Waals surface area contributed by atoms with Crippen LogP contribution in [-0.2, 0) is 16.6 Å². The van der Waals surface area contributed by atoms with E-state index in [1.165, 1.54) is 18.5 Å². The molecule has 7 nitrogen and oxygen atoms in total. The summed E-state index contributed by atoms with van der Waals surface area (Å²) >= 11 is 0. The number of aromatic nitrogens is 2. The predicted octanol–water partition coefficient (Wildman–Crippen LogP) is -1.58. The third-order valence-corrected chi connectivity index (χ3v) is 4.90. The van der Waals surface area contributed by atoms with Gasteiger partial charge in [-0.25, -0.2) is 18.5 Å². The predicted molar refractivity (Wildman–Crippen MR) is 92.4 cm³/mol. The summed E-state index contributed by atoms with van der Waals surface area (Å²) in [7, 11) is -3.68. The fourth-order valence-corrected chi connectivity index (χ4v) is 3.23. The van der Waals surface area contributed by atoms with Gasteiger partial charge >= 0.3 is 0 Å². The molecule has 0 aliphatic heterocycles. The minimum atomic E-state index is -3.68. The van der Waals surface area contributed by atoms with Crippen LogP contribution in [0.15, 0.2) is 64.2 Å². The van der Waals surface area contributed by atoms with E-state index in [1.54, 1.807) is 12.1 Å². The molecule has 2 aromatic carbocycles. The highest BCUT2D eigenvalue weighted by molar-refractivity contribution is 7.89. The summed E-state index contributed by atoms with van der Waals surface area (Å²) in [5.41, 5.74) is 3.13. The molecule has 0 radical (unpaired) electrons. The van der Waals surface area contributed by atoms with E-state index >= 15 is 0 Å². The van der Waals surface area contributed by atoms with Gasteiger partial charge in [-0.1, -0.05) is 24.3 Å². The number of furan rings is 1. The largest absolute Gasteiger partial charge is 1.00 e. The first-order chi connectivity index (χ1) is 12.0. The first kappa shape index (κ1) is 18.3. The zero-order valence-electron chi connectivity index (χ0n) is 13.5. The maximum absolute atomic E-state index is 11.3. The number of nitrogens with two attached hydrogens (primary N) is 2. The molecule has 0 saturated heterocycles. The molecule has 0 bridgehead atoms. The minimum Gasteiger partial charge on any atom is -1.00 e. The van der Waals surface area contributed by atoms with E-state index in [0.717, 1.165) is 22.0 Å². The molecule has 2 aromatic heterocycles. The van der Waals surface area contributed by atoms with E-state index in [-0.39, 0.29) is 17.3 Å². The summed E-state index contributed by atoms with van der Waals surface area (Å²) in [4.78, 5) is 8.71. The van der Waals surface area contributed by atoms with Gasteiger partial charge in [0.15, 0.2) is 0 Å². The average Bonchev–Trinajstić information content (AvgIpc) is 2.99. The van der Waals surface area contributed by atoms with Crippen molar-refractivity contribution in [3.8, 4) is 0 Å².